The minimum Gasteiger partial charge on any atom is -0.251 e. The van der Waals surface area contributed by atoms with E-state index in [0.717, 1.165) is 11.8 Å². The highest BCUT2D eigenvalue weighted by Gasteiger charge is 2.32. The molecule has 112 valence electrons. The molecule has 0 aliphatic rings. The molecule has 0 aromatic carbocycles. The molecular formula is C14H19F3N2S. The zero-order valence-electron chi connectivity index (χ0n) is 12.2. The number of aromatic nitrogens is 2. The van der Waals surface area contributed by atoms with Crippen molar-refractivity contribution >= 4 is 11.3 Å². The Hall–Kier alpha value is -1.43. The van der Waals surface area contributed by atoms with Crippen molar-refractivity contribution in [1.82, 2.24) is 9.97 Å². The Morgan fingerprint density at radius 3 is 2.00 bits per heavy atom. The monoisotopic (exact) mass is 304 g/mol. The molecule has 20 heavy (non-hydrogen) atoms. The van der Waals surface area contributed by atoms with E-state index in [1.54, 1.807) is 0 Å². The van der Waals surface area contributed by atoms with Gasteiger partial charge in [-0.2, -0.15) is 13.2 Å². The highest BCUT2D eigenvalue weighted by atomic mass is 32.1. The van der Waals surface area contributed by atoms with Crippen molar-refractivity contribution < 1.29 is 13.2 Å². The van der Waals surface area contributed by atoms with Gasteiger partial charge in [-0.3, -0.25) is 4.98 Å². The van der Waals surface area contributed by atoms with E-state index in [1.165, 1.54) is 23.6 Å². The van der Waals surface area contributed by atoms with Gasteiger partial charge in [0.2, 0.25) is 0 Å². The minimum absolute atomic E-state index is 0.603. The normalized spacial score (nSPS) is 10.0. The number of rotatable bonds is 1. The zero-order valence-corrected chi connectivity index (χ0v) is 13.1. The number of aryl methyl sites for hydroxylation is 1. The largest absolute Gasteiger partial charge is 0.433 e. The van der Waals surface area contributed by atoms with Gasteiger partial charge in [0.25, 0.3) is 0 Å². The maximum absolute atomic E-state index is 12.3. The smallest absolute Gasteiger partial charge is 0.251 e. The first-order valence-corrected chi connectivity index (χ1v) is 7.30. The molecule has 0 atom stereocenters. The predicted octanol–water partition coefficient (Wildman–Crippen LogP) is 5.58. The van der Waals surface area contributed by atoms with Crippen LogP contribution in [0.1, 0.15) is 39.1 Å². The van der Waals surface area contributed by atoms with Crippen LogP contribution in [0.25, 0.3) is 10.6 Å². The van der Waals surface area contributed by atoms with Crippen molar-refractivity contribution in [3.8, 4) is 10.6 Å². The average Bonchev–Trinajstić information content (AvgIpc) is 2.89. The van der Waals surface area contributed by atoms with Crippen LogP contribution in [0, 0.1) is 6.92 Å². The Labute approximate surface area is 121 Å². The molecular weight excluding hydrogens is 285 g/mol. The van der Waals surface area contributed by atoms with Crippen molar-refractivity contribution in [2.24, 2.45) is 0 Å². The first-order chi connectivity index (χ1) is 9.47. The number of alkyl halides is 3. The van der Waals surface area contributed by atoms with Crippen molar-refractivity contribution in [3.63, 3.8) is 0 Å². The molecule has 0 N–H and O–H groups in total. The molecule has 0 radical (unpaired) electrons. The molecule has 0 spiro atoms. The van der Waals surface area contributed by atoms with Crippen LogP contribution in [-0.4, -0.2) is 9.97 Å². The molecule has 2 heterocycles. The van der Waals surface area contributed by atoms with Crippen LogP contribution in [0.5, 0.6) is 0 Å². The van der Waals surface area contributed by atoms with Gasteiger partial charge >= 0.3 is 6.18 Å². The van der Waals surface area contributed by atoms with E-state index in [1.807, 2.05) is 40.0 Å². The highest BCUT2D eigenvalue weighted by Crippen LogP contribution is 2.29. The van der Waals surface area contributed by atoms with Crippen LogP contribution in [0.4, 0.5) is 13.2 Å². The fraction of sp³-hybridized carbons (Fsp3) is 0.429. The van der Waals surface area contributed by atoms with E-state index in [0.29, 0.717) is 10.6 Å². The van der Waals surface area contributed by atoms with Crippen LogP contribution >= 0.6 is 11.3 Å². The van der Waals surface area contributed by atoms with E-state index >= 15 is 0 Å². The predicted molar refractivity (Wildman–Crippen MR) is 77.8 cm³/mol. The second kappa shape index (κ2) is 8.68. The first kappa shape index (κ1) is 18.6. The van der Waals surface area contributed by atoms with Crippen LogP contribution in [0.2, 0.25) is 0 Å². The van der Waals surface area contributed by atoms with Crippen molar-refractivity contribution in [2.45, 2.75) is 40.8 Å². The Balaban J connectivity index is 0.000000829. The topological polar surface area (TPSA) is 25.8 Å². The second-order valence-electron chi connectivity index (χ2n) is 3.22. The summed E-state index contributed by atoms with van der Waals surface area (Å²) >= 11 is 1.38. The molecule has 0 aliphatic heterocycles. The third-order valence-corrected chi connectivity index (χ3v) is 2.93. The Kier molecular flexibility index (Phi) is 8.06. The maximum Gasteiger partial charge on any atom is 0.433 e. The lowest BCUT2D eigenvalue weighted by molar-refractivity contribution is -0.141. The molecule has 6 heteroatoms. The van der Waals surface area contributed by atoms with Crippen molar-refractivity contribution in [1.29, 1.82) is 0 Å². The lowest BCUT2D eigenvalue weighted by Crippen LogP contribution is -2.07. The molecule has 2 aromatic heterocycles. The third kappa shape index (κ3) is 5.28. The first-order valence-electron chi connectivity index (χ1n) is 6.42. The molecule has 0 bridgehead atoms. The van der Waals surface area contributed by atoms with Crippen molar-refractivity contribution in [3.05, 3.63) is 35.1 Å². The van der Waals surface area contributed by atoms with E-state index in [2.05, 4.69) is 9.97 Å². The average molecular weight is 304 g/mol. The van der Waals surface area contributed by atoms with E-state index in [4.69, 9.17) is 0 Å². The number of nitrogens with zero attached hydrogens (tertiary/aromatic N) is 2. The zero-order chi connectivity index (χ0) is 15.8. The summed E-state index contributed by atoms with van der Waals surface area (Å²) in [5, 5.41) is 2.52. The molecule has 0 saturated carbocycles. The fourth-order valence-corrected chi connectivity index (χ4v) is 1.96. The lowest BCUT2D eigenvalue weighted by atomic mass is 10.2. The third-order valence-electron chi connectivity index (χ3n) is 1.92. The van der Waals surface area contributed by atoms with Gasteiger partial charge in [0.15, 0.2) is 0 Å². The molecule has 0 amide bonds. The maximum atomic E-state index is 12.3. The molecule has 0 aliphatic carbocycles. The van der Waals surface area contributed by atoms with Gasteiger partial charge < -0.3 is 0 Å². The summed E-state index contributed by atoms with van der Waals surface area (Å²) < 4.78 is 36.8. The van der Waals surface area contributed by atoms with Gasteiger partial charge in [0, 0.05) is 22.8 Å². The molecule has 2 aromatic rings. The van der Waals surface area contributed by atoms with Gasteiger partial charge in [-0.15, -0.1) is 11.3 Å². The Morgan fingerprint density at radius 2 is 1.65 bits per heavy atom. The fourth-order valence-electron chi connectivity index (χ4n) is 1.17. The van der Waals surface area contributed by atoms with E-state index in [9.17, 15) is 13.2 Å². The number of hydrogen-bond donors (Lipinski definition) is 0. The van der Waals surface area contributed by atoms with Gasteiger partial charge in [-0.1, -0.05) is 27.7 Å². The standard InChI is InChI=1S/C10H7F3N2S.2C2H6/c1-6-5-16-9(15-6)7-2-3-8(14-4-7)10(11,12)13;2*1-2/h2-5H,1H3;2*1-2H3. The summed E-state index contributed by atoms with van der Waals surface area (Å²) in [7, 11) is 0. The summed E-state index contributed by atoms with van der Waals surface area (Å²) in [5.74, 6) is 0. The van der Waals surface area contributed by atoms with Gasteiger partial charge in [0.1, 0.15) is 10.7 Å². The number of halogens is 3. The van der Waals surface area contributed by atoms with Crippen LogP contribution in [0.15, 0.2) is 23.7 Å². The Bertz CT molecular complexity index is 490. The summed E-state index contributed by atoms with van der Waals surface area (Å²) in [4.78, 5) is 7.55. The second-order valence-corrected chi connectivity index (χ2v) is 4.08. The molecule has 2 rings (SSSR count). The summed E-state index contributed by atoms with van der Waals surface area (Å²) in [5.41, 5.74) is 0.565. The number of pyridine rings is 1. The number of hydrogen-bond acceptors (Lipinski definition) is 3. The summed E-state index contributed by atoms with van der Waals surface area (Å²) in [6, 6.07) is 2.35. The molecule has 2 nitrogen and oxygen atoms in total. The van der Waals surface area contributed by atoms with Crippen LogP contribution < -0.4 is 0 Å². The quantitative estimate of drug-likeness (QED) is 0.687. The lowest BCUT2D eigenvalue weighted by Gasteiger charge is -2.05. The van der Waals surface area contributed by atoms with Gasteiger partial charge in [-0.25, -0.2) is 4.98 Å². The highest BCUT2D eigenvalue weighted by molar-refractivity contribution is 7.13. The molecule has 0 fully saturated rings. The SMILES string of the molecule is CC.CC.Cc1csc(-c2ccc(C(F)(F)F)nc2)n1. The summed E-state index contributed by atoms with van der Waals surface area (Å²) in [6.07, 6.45) is -3.20. The van der Waals surface area contributed by atoms with Gasteiger partial charge in [0.05, 0.1) is 0 Å². The van der Waals surface area contributed by atoms with E-state index < -0.39 is 11.9 Å². The molecule has 0 unspecified atom stereocenters. The van der Waals surface area contributed by atoms with Gasteiger partial charge in [-0.05, 0) is 19.1 Å². The van der Waals surface area contributed by atoms with Crippen LogP contribution in [-0.2, 0) is 6.18 Å². The summed E-state index contributed by atoms with van der Waals surface area (Å²) in [6.45, 7) is 9.83. The van der Waals surface area contributed by atoms with Crippen LogP contribution in [0.3, 0.4) is 0 Å². The Morgan fingerprint density at radius 1 is 1.05 bits per heavy atom. The van der Waals surface area contributed by atoms with Crippen molar-refractivity contribution in [2.75, 3.05) is 0 Å². The van der Waals surface area contributed by atoms with E-state index in [-0.39, 0.29) is 0 Å². The number of thiazole rings is 1. The molecule has 0 saturated heterocycles. The minimum atomic E-state index is -4.39.